The number of carbonyl (C=O) groups excluding carboxylic acids is 2. The van der Waals surface area contributed by atoms with Crippen LogP contribution in [0.15, 0.2) is 18.2 Å². The van der Waals surface area contributed by atoms with Crippen molar-refractivity contribution in [3.63, 3.8) is 0 Å². The van der Waals surface area contributed by atoms with E-state index in [2.05, 4.69) is 5.32 Å². The Morgan fingerprint density at radius 1 is 1.29 bits per heavy atom. The van der Waals surface area contributed by atoms with Crippen LogP contribution in [0, 0.1) is 0 Å². The maximum absolute atomic E-state index is 12.9. The average Bonchev–Trinajstić information content (AvgIpc) is 2.97. The minimum Gasteiger partial charge on any atom is -0.497 e. The Morgan fingerprint density at radius 3 is 2.71 bits per heavy atom. The van der Waals surface area contributed by atoms with Gasteiger partial charge in [0.25, 0.3) is 0 Å². The molecule has 0 aromatic heterocycles. The molecule has 0 spiro atoms. The highest BCUT2D eigenvalue weighted by Crippen LogP contribution is 2.37. The van der Waals surface area contributed by atoms with Crippen LogP contribution in [0.25, 0.3) is 0 Å². The number of rotatable bonds is 5. The molecule has 1 aromatic rings. The first-order valence-corrected chi connectivity index (χ1v) is 8.80. The molecule has 130 valence electrons. The lowest BCUT2D eigenvalue weighted by atomic mass is 9.78. The van der Waals surface area contributed by atoms with E-state index in [-0.39, 0.29) is 24.2 Å². The summed E-state index contributed by atoms with van der Waals surface area (Å²) >= 11 is 0. The fourth-order valence-electron chi connectivity index (χ4n) is 4.25. The summed E-state index contributed by atoms with van der Waals surface area (Å²) in [4.78, 5) is 24.4. The van der Waals surface area contributed by atoms with Gasteiger partial charge in [-0.3, -0.25) is 9.59 Å². The number of methoxy groups -OCH3 is 1. The molecule has 0 radical (unpaired) electrons. The molecule has 1 fully saturated rings. The van der Waals surface area contributed by atoms with E-state index < -0.39 is 5.54 Å². The monoisotopic (exact) mass is 330 g/mol. The molecule has 5 heteroatoms. The summed E-state index contributed by atoms with van der Waals surface area (Å²) in [5.74, 6) is 0.376. The number of amides is 2. The van der Waals surface area contributed by atoms with Crippen molar-refractivity contribution in [1.29, 1.82) is 0 Å². The Morgan fingerprint density at radius 2 is 2.04 bits per heavy atom. The molecule has 3 rings (SSSR count). The SMILES string of the molecule is COc1ccc2c(c1)CCC2C(=O)NC1(CC(N)=O)CCCCC1. The number of hydrogen-bond donors (Lipinski definition) is 2. The molecule has 2 aliphatic rings. The second-order valence-electron chi connectivity index (χ2n) is 7.13. The Kier molecular flexibility index (Phi) is 4.78. The van der Waals surface area contributed by atoms with Gasteiger partial charge in [0.2, 0.25) is 11.8 Å². The fourth-order valence-corrected chi connectivity index (χ4v) is 4.25. The molecule has 1 unspecified atom stereocenters. The number of benzene rings is 1. The summed E-state index contributed by atoms with van der Waals surface area (Å²) in [6, 6.07) is 5.92. The van der Waals surface area contributed by atoms with Gasteiger partial charge in [-0.1, -0.05) is 25.3 Å². The number of nitrogens with two attached hydrogens (primary N) is 1. The summed E-state index contributed by atoms with van der Waals surface area (Å²) in [5, 5.41) is 3.20. The number of ether oxygens (including phenoxy) is 1. The summed E-state index contributed by atoms with van der Waals surface area (Å²) in [6.45, 7) is 0. The van der Waals surface area contributed by atoms with Crippen LogP contribution in [-0.2, 0) is 16.0 Å². The first kappa shape index (κ1) is 16.8. The maximum Gasteiger partial charge on any atom is 0.228 e. The summed E-state index contributed by atoms with van der Waals surface area (Å²) < 4.78 is 5.26. The van der Waals surface area contributed by atoms with Crippen LogP contribution in [0.2, 0.25) is 0 Å². The molecule has 3 N–H and O–H groups in total. The van der Waals surface area contributed by atoms with E-state index in [4.69, 9.17) is 10.5 Å². The van der Waals surface area contributed by atoms with Gasteiger partial charge in [0.15, 0.2) is 0 Å². The van der Waals surface area contributed by atoms with Gasteiger partial charge >= 0.3 is 0 Å². The highest BCUT2D eigenvalue weighted by atomic mass is 16.5. The molecule has 5 nitrogen and oxygen atoms in total. The number of fused-ring (bicyclic) bond motifs is 1. The normalized spacial score (nSPS) is 21.8. The fraction of sp³-hybridized carbons (Fsp3) is 0.579. The highest BCUT2D eigenvalue weighted by Gasteiger charge is 2.38. The van der Waals surface area contributed by atoms with Crippen LogP contribution >= 0.6 is 0 Å². The van der Waals surface area contributed by atoms with Gasteiger partial charge in [-0.05, 0) is 48.9 Å². The van der Waals surface area contributed by atoms with Crippen molar-refractivity contribution >= 4 is 11.8 Å². The molecule has 1 saturated carbocycles. The van der Waals surface area contributed by atoms with E-state index in [1.807, 2.05) is 18.2 Å². The molecule has 24 heavy (non-hydrogen) atoms. The Balaban J connectivity index is 1.76. The zero-order valence-corrected chi connectivity index (χ0v) is 14.3. The predicted octanol–water partition coefficient (Wildman–Crippen LogP) is 2.42. The van der Waals surface area contributed by atoms with Gasteiger partial charge in [-0.2, -0.15) is 0 Å². The predicted molar refractivity (Wildman–Crippen MR) is 91.8 cm³/mol. The van der Waals surface area contributed by atoms with Crippen molar-refractivity contribution in [3.05, 3.63) is 29.3 Å². The molecule has 2 aliphatic carbocycles. The Labute approximate surface area is 142 Å². The van der Waals surface area contributed by atoms with Crippen LogP contribution in [0.1, 0.15) is 62.0 Å². The summed E-state index contributed by atoms with van der Waals surface area (Å²) in [6.07, 6.45) is 6.82. The maximum atomic E-state index is 12.9. The van der Waals surface area contributed by atoms with E-state index in [1.165, 1.54) is 5.56 Å². The third-order valence-corrected chi connectivity index (χ3v) is 5.46. The van der Waals surface area contributed by atoms with Gasteiger partial charge in [-0.25, -0.2) is 0 Å². The number of carbonyl (C=O) groups is 2. The van der Waals surface area contributed by atoms with Gasteiger partial charge in [0.05, 0.1) is 13.0 Å². The number of aryl methyl sites for hydroxylation is 1. The van der Waals surface area contributed by atoms with Crippen LogP contribution in [-0.4, -0.2) is 24.5 Å². The van der Waals surface area contributed by atoms with E-state index in [0.29, 0.717) is 0 Å². The van der Waals surface area contributed by atoms with Crippen molar-refractivity contribution in [3.8, 4) is 5.75 Å². The van der Waals surface area contributed by atoms with E-state index >= 15 is 0 Å². The average molecular weight is 330 g/mol. The largest absolute Gasteiger partial charge is 0.497 e. The first-order chi connectivity index (χ1) is 11.5. The molecular formula is C19H26N2O3. The first-order valence-electron chi connectivity index (χ1n) is 8.80. The number of primary amides is 1. The Bertz CT molecular complexity index is 635. The second-order valence-corrected chi connectivity index (χ2v) is 7.13. The molecular weight excluding hydrogens is 304 g/mol. The standard InChI is InChI=1S/C19H26N2O3/c1-24-14-6-8-15-13(11-14)5-7-16(15)18(23)21-19(12-17(20)22)9-3-2-4-10-19/h6,8,11,16H,2-5,7,9-10,12H2,1H3,(H2,20,22)(H,21,23). The number of nitrogens with one attached hydrogen (secondary N) is 1. The lowest BCUT2D eigenvalue weighted by molar-refractivity contribution is -0.126. The van der Waals surface area contributed by atoms with Gasteiger partial charge in [0, 0.05) is 12.0 Å². The van der Waals surface area contributed by atoms with E-state index in [9.17, 15) is 9.59 Å². The van der Waals surface area contributed by atoms with Gasteiger partial charge < -0.3 is 15.8 Å². The lowest BCUT2D eigenvalue weighted by Gasteiger charge is -2.38. The molecule has 1 aromatic carbocycles. The quantitative estimate of drug-likeness (QED) is 0.870. The minimum atomic E-state index is -0.448. The topological polar surface area (TPSA) is 81.4 Å². The Hall–Kier alpha value is -2.04. The van der Waals surface area contributed by atoms with Crippen molar-refractivity contribution < 1.29 is 14.3 Å². The second kappa shape index (κ2) is 6.83. The lowest BCUT2D eigenvalue weighted by Crippen LogP contribution is -2.53. The number of hydrogen-bond acceptors (Lipinski definition) is 3. The molecule has 1 atom stereocenters. The van der Waals surface area contributed by atoms with Crippen LogP contribution in [0.3, 0.4) is 0 Å². The molecule has 0 aliphatic heterocycles. The van der Waals surface area contributed by atoms with Crippen molar-refractivity contribution in [2.75, 3.05) is 7.11 Å². The van der Waals surface area contributed by atoms with Gasteiger partial charge in [0.1, 0.15) is 5.75 Å². The molecule has 2 amide bonds. The van der Waals surface area contributed by atoms with Crippen molar-refractivity contribution in [1.82, 2.24) is 5.32 Å². The molecule has 0 saturated heterocycles. The van der Waals surface area contributed by atoms with Crippen molar-refractivity contribution in [2.24, 2.45) is 5.73 Å². The van der Waals surface area contributed by atoms with Crippen molar-refractivity contribution in [2.45, 2.75) is 62.8 Å². The zero-order chi connectivity index (χ0) is 17.2. The van der Waals surface area contributed by atoms with Crippen LogP contribution < -0.4 is 15.8 Å². The van der Waals surface area contributed by atoms with Crippen LogP contribution in [0.5, 0.6) is 5.75 Å². The third kappa shape index (κ3) is 3.40. The van der Waals surface area contributed by atoms with E-state index in [0.717, 1.165) is 56.3 Å². The molecule has 0 heterocycles. The summed E-state index contributed by atoms with van der Waals surface area (Å²) in [7, 11) is 1.65. The zero-order valence-electron chi connectivity index (χ0n) is 14.3. The highest BCUT2D eigenvalue weighted by molar-refractivity contribution is 5.86. The molecule has 0 bridgehead atoms. The van der Waals surface area contributed by atoms with Crippen LogP contribution in [0.4, 0.5) is 0 Å². The smallest absolute Gasteiger partial charge is 0.228 e. The third-order valence-electron chi connectivity index (χ3n) is 5.46. The summed E-state index contributed by atoms with van der Waals surface area (Å²) in [5.41, 5.74) is 7.26. The minimum absolute atomic E-state index is 0.0297. The van der Waals surface area contributed by atoms with Gasteiger partial charge in [-0.15, -0.1) is 0 Å². The van der Waals surface area contributed by atoms with E-state index in [1.54, 1.807) is 7.11 Å².